The van der Waals surface area contributed by atoms with Crippen LogP contribution in [-0.4, -0.2) is 24.3 Å². The van der Waals surface area contributed by atoms with E-state index in [1.165, 1.54) is 76.2 Å². The van der Waals surface area contributed by atoms with E-state index in [-0.39, 0.29) is 6.61 Å². The summed E-state index contributed by atoms with van der Waals surface area (Å²) in [5.41, 5.74) is 1.48. The maximum Gasteiger partial charge on any atom is 0.0584 e. The van der Waals surface area contributed by atoms with Crippen LogP contribution in [0.1, 0.15) is 83.1 Å². The Kier molecular flexibility index (Phi) is 13.8. The van der Waals surface area contributed by atoms with Gasteiger partial charge in [-0.3, -0.25) is 0 Å². The van der Waals surface area contributed by atoms with E-state index in [2.05, 4.69) is 42.6 Å². The van der Waals surface area contributed by atoms with Crippen LogP contribution in [0, 0.1) is 0 Å². The molecule has 24 heavy (non-hydrogen) atoms. The van der Waals surface area contributed by atoms with Crippen molar-refractivity contribution < 1.29 is 5.11 Å². The Morgan fingerprint density at radius 3 is 2.08 bits per heavy atom. The molecule has 1 aromatic rings. The molecule has 2 nitrogen and oxygen atoms in total. The molecule has 2 N–H and O–H groups in total. The van der Waals surface area contributed by atoms with Crippen LogP contribution in [0.3, 0.4) is 0 Å². The Balaban J connectivity index is 1.82. The predicted octanol–water partition coefficient (Wildman–Crippen LogP) is 5.49. The Labute approximate surface area is 150 Å². The number of aliphatic hydroxyl groups is 1. The second kappa shape index (κ2) is 15.7. The molecule has 1 unspecified atom stereocenters. The predicted molar refractivity (Wildman–Crippen MR) is 105 cm³/mol. The summed E-state index contributed by atoms with van der Waals surface area (Å²) in [6.45, 7) is 3.55. The van der Waals surface area contributed by atoms with Gasteiger partial charge in [0.15, 0.2) is 0 Å². The monoisotopic (exact) mass is 333 g/mol. The van der Waals surface area contributed by atoms with Gasteiger partial charge in [0.05, 0.1) is 6.61 Å². The van der Waals surface area contributed by atoms with E-state index in [9.17, 15) is 5.11 Å². The van der Waals surface area contributed by atoms with E-state index in [4.69, 9.17) is 0 Å². The molecule has 1 rings (SSSR count). The number of hydrogen-bond acceptors (Lipinski definition) is 2. The fraction of sp³-hybridized carbons (Fsp3) is 0.727. The minimum Gasteiger partial charge on any atom is -0.395 e. The van der Waals surface area contributed by atoms with Gasteiger partial charge in [0.2, 0.25) is 0 Å². The van der Waals surface area contributed by atoms with Crippen molar-refractivity contribution in [3.05, 3.63) is 35.9 Å². The third-order valence-corrected chi connectivity index (χ3v) is 4.79. The summed E-state index contributed by atoms with van der Waals surface area (Å²) in [6, 6.07) is 11.1. The van der Waals surface area contributed by atoms with E-state index in [0.717, 1.165) is 13.0 Å². The van der Waals surface area contributed by atoms with Gasteiger partial charge in [0.25, 0.3) is 0 Å². The molecular weight excluding hydrogens is 294 g/mol. The number of aliphatic hydroxyl groups excluding tert-OH is 1. The first-order chi connectivity index (χ1) is 11.9. The van der Waals surface area contributed by atoms with Gasteiger partial charge in [-0.15, -0.1) is 0 Å². The second-order valence-corrected chi connectivity index (χ2v) is 7.04. The molecule has 0 bridgehead atoms. The van der Waals surface area contributed by atoms with Crippen molar-refractivity contribution in [1.82, 2.24) is 5.32 Å². The zero-order valence-corrected chi connectivity index (χ0v) is 15.8. The topological polar surface area (TPSA) is 32.3 Å². The van der Waals surface area contributed by atoms with Crippen molar-refractivity contribution in [1.29, 1.82) is 0 Å². The smallest absolute Gasteiger partial charge is 0.0584 e. The van der Waals surface area contributed by atoms with Gasteiger partial charge in [-0.05, 0) is 37.8 Å². The minimum atomic E-state index is 0.281. The molecular formula is C22H39NO. The van der Waals surface area contributed by atoms with Crippen molar-refractivity contribution in [3.8, 4) is 0 Å². The summed E-state index contributed by atoms with van der Waals surface area (Å²) in [5.74, 6) is 0. The van der Waals surface area contributed by atoms with Gasteiger partial charge in [0, 0.05) is 6.04 Å². The average molecular weight is 334 g/mol. The third kappa shape index (κ3) is 11.6. The van der Waals surface area contributed by atoms with Gasteiger partial charge < -0.3 is 10.4 Å². The Bertz CT molecular complexity index is 365. The molecule has 0 amide bonds. The minimum absolute atomic E-state index is 0.281. The standard InChI is InChI=1S/C22H39NO/c1-2-3-18-22(20-24)23-19-14-9-7-5-4-6-8-11-15-21-16-12-10-13-17-21/h10,12-13,16-17,22-24H,2-9,11,14-15,18-20H2,1H3. The maximum atomic E-state index is 9.31. The number of nitrogens with one attached hydrogen (secondary N) is 1. The first-order valence-corrected chi connectivity index (χ1v) is 10.2. The molecule has 1 atom stereocenters. The molecule has 0 heterocycles. The first kappa shape index (κ1) is 21.2. The van der Waals surface area contributed by atoms with Gasteiger partial charge in [-0.1, -0.05) is 88.6 Å². The second-order valence-electron chi connectivity index (χ2n) is 7.04. The number of aryl methyl sites for hydroxylation is 1. The van der Waals surface area contributed by atoms with Crippen LogP contribution in [0.5, 0.6) is 0 Å². The summed E-state index contributed by atoms with van der Waals surface area (Å²) in [5, 5.41) is 12.8. The number of unbranched alkanes of at least 4 members (excludes halogenated alkanes) is 8. The highest BCUT2D eigenvalue weighted by Crippen LogP contribution is 2.11. The summed E-state index contributed by atoms with van der Waals surface area (Å²) in [6.07, 6.45) is 15.5. The fourth-order valence-electron chi connectivity index (χ4n) is 3.17. The summed E-state index contributed by atoms with van der Waals surface area (Å²) in [4.78, 5) is 0. The molecule has 0 saturated carbocycles. The third-order valence-electron chi connectivity index (χ3n) is 4.79. The lowest BCUT2D eigenvalue weighted by molar-refractivity contribution is 0.233. The number of benzene rings is 1. The molecule has 0 aliphatic carbocycles. The van der Waals surface area contributed by atoms with E-state index in [0.29, 0.717) is 6.04 Å². The maximum absolute atomic E-state index is 9.31. The van der Waals surface area contributed by atoms with Crippen molar-refractivity contribution in [3.63, 3.8) is 0 Å². The van der Waals surface area contributed by atoms with E-state index in [1.807, 2.05) is 0 Å². The Hall–Kier alpha value is -0.860. The molecule has 0 aliphatic rings. The van der Waals surface area contributed by atoms with Crippen LogP contribution < -0.4 is 5.32 Å². The quantitative estimate of drug-likeness (QED) is 0.392. The highest BCUT2D eigenvalue weighted by molar-refractivity contribution is 5.14. The molecule has 138 valence electrons. The molecule has 0 spiro atoms. The molecule has 1 aromatic carbocycles. The van der Waals surface area contributed by atoms with Crippen molar-refractivity contribution in [2.45, 2.75) is 90.0 Å². The summed E-state index contributed by atoms with van der Waals surface area (Å²) in [7, 11) is 0. The Morgan fingerprint density at radius 2 is 1.46 bits per heavy atom. The highest BCUT2D eigenvalue weighted by Gasteiger charge is 2.04. The highest BCUT2D eigenvalue weighted by atomic mass is 16.3. The van der Waals surface area contributed by atoms with Gasteiger partial charge in [-0.2, -0.15) is 0 Å². The summed E-state index contributed by atoms with van der Waals surface area (Å²) >= 11 is 0. The van der Waals surface area contributed by atoms with Crippen LogP contribution in [0.25, 0.3) is 0 Å². The lowest BCUT2D eigenvalue weighted by Gasteiger charge is -2.15. The Morgan fingerprint density at radius 1 is 0.833 bits per heavy atom. The zero-order chi connectivity index (χ0) is 17.3. The SMILES string of the molecule is CCCCC(CO)NCCCCCCCCCCc1ccccc1. The van der Waals surface area contributed by atoms with Gasteiger partial charge in [0.1, 0.15) is 0 Å². The van der Waals surface area contributed by atoms with Crippen LogP contribution in [0.2, 0.25) is 0 Å². The van der Waals surface area contributed by atoms with Crippen molar-refractivity contribution >= 4 is 0 Å². The molecule has 0 radical (unpaired) electrons. The zero-order valence-electron chi connectivity index (χ0n) is 15.8. The van der Waals surface area contributed by atoms with Gasteiger partial charge in [-0.25, -0.2) is 0 Å². The molecule has 0 saturated heterocycles. The normalized spacial score (nSPS) is 12.4. The van der Waals surface area contributed by atoms with Gasteiger partial charge >= 0.3 is 0 Å². The number of rotatable bonds is 16. The number of hydrogen-bond donors (Lipinski definition) is 2. The molecule has 0 aliphatic heterocycles. The van der Waals surface area contributed by atoms with E-state index in [1.54, 1.807) is 0 Å². The lowest BCUT2D eigenvalue weighted by atomic mass is 10.0. The average Bonchev–Trinajstić information content (AvgIpc) is 2.63. The van der Waals surface area contributed by atoms with Crippen LogP contribution in [-0.2, 0) is 6.42 Å². The molecule has 2 heteroatoms. The molecule has 0 aromatic heterocycles. The van der Waals surface area contributed by atoms with Crippen molar-refractivity contribution in [2.24, 2.45) is 0 Å². The van der Waals surface area contributed by atoms with Crippen LogP contribution in [0.4, 0.5) is 0 Å². The van der Waals surface area contributed by atoms with E-state index >= 15 is 0 Å². The van der Waals surface area contributed by atoms with E-state index < -0.39 is 0 Å². The largest absolute Gasteiger partial charge is 0.395 e. The van der Waals surface area contributed by atoms with Crippen molar-refractivity contribution in [2.75, 3.05) is 13.2 Å². The first-order valence-electron chi connectivity index (χ1n) is 10.2. The lowest BCUT2D eigenvalue weighted by Crippen LogP contribution is -2.33. The summed E-state index contributed by atoms with van der Waals surface area (Å²) < 4.78 is 0. The molecule has 0 fully saturated rings. The fourth-order valence-corrected chi connectivity index (χ4v) is 3.17. The van der Waals surface area contributed by atoms with Crippen LogP contribution in [0.15, 0.2) is 30.3 Å². The van der Waals surface area contributed by atoms with Crippen LogP contribution >= 0.6 is 0 Å².